The molecule has 0 spiro atoms. The highest BCUT2D eigenvalue weighted by Gasteiger charge is 2.27. The quantitative estimate of drug-likeness (QED) is 0.172. The Morgan fingerprint density at radius 2 is 1.82 bits per heavy atom. The maximum atomic E-state index is 12.2. The molecule has 4 unspecified atom stereocenters. The number of carboxylic acids is 1. The fraction of sp³-hybridized carbons (Fsp3) is 0.533. The zero-order chi connectivity index (χ0) is 21.3. The van der Waals surface area contributed by atoms with Gasteiger partial charge >= 0.3 is 5.97 Å². The van der Waals surface area contributed by atoms with Crippen molar-refractivity contribution in [1.82, 2.24) is 25.9 Å². The fourth-order valence-corrected chi connectivity index (χ4v) is 2.32. The number of nitrogens with zero attached hydrogens (tertiary/aromatic N) is 1. The van der Waals surface area contributed by atoms with E-state index < -0.39 is 54.5 Å². The number of hydrogen-bond acceptors (Lipinski definition) is 8. The number of amides is 3. The summed E-state index contributed by atoms with van der Waals surface area (Å²) < 4.78 is 0. The van der Waals surface area contributed by atoms with Gasteiger partial charge in [-0.1, -0.05) is 0 Å². The second-order valence-corrected chi connectivity index (χ2v) is 6.31. The summed E-state index contributed by atoms with van der Waals surface area (Å²) in [6.07, 6.45) is 3.17. The Bertz CT molecular complexity index is 685. The molecule has 1 heterocycles. The zero-order valence-corrected chi connectivity index (χ0v) is 16.0. The van der Waals surface area contributed by atoms with Crippen molar-refractivity contribution in [3.8, 4) is 0 Å². The summed E-state index contributed by atoms with van der Waals surface area (Å²) >= 11 is 3.95. The molecule has 1 aromatic heterocycles. The molecule has 1 aromatic rings. The Morgan fingerprint density at radius 3 is 2.32 bits per heavy atom. The Morgan fingerprint density at radius 1 is 1.18 bits per heavy atom. The van der Waals surface area contributed by atoms with Gasteiger partial charge in [-0.15, -0.1) is 0 Å². The lowest BCUT2D eigenvalue weighted by molar-refractivity contribution is -0.143. The van der Waals surface area contributed by atoms with Gasteiger partial charge < -0.3 is 36.9 Å². The number of thiol groups is 1. The van der Waals surface area contributed by atoms with Crippen LogP contribution in [-0.4, -0.2) is 80.4 Å². The monoisotopic (exact) mass is 416 g/mol. The highest BCUT2D eigenvalue weighted by Crippen LogP contribution is 1.98. The highest BCUT2D eigenvalue weighted by molar-refractivity contribution is 7.80. The maximum absolute atomic E-state index is 12.2. The van der Waals surface area contributed by atoms with Crippen LogP contribution in [-0.2, 0) is 25.6 Å². The maximum Gasteiger partial charge on any atom is 0.328 e. The number of aliphatic carboxylic acids is 1. The molecular formula is C15H24N6O6S. The van der Waals surface area contributed by atoms with Crippen molar-refractivity contribution in [3.05, 3.63) is 18.2 Å². The van der Waals surface area contributed by atoms with Crippen molar-refractivity contribution in [2.75, 3.05) is 12.4 Å². The van der Waals surface area contributed by atoms with E-state index in [1.807, 2.05) is 0 Å². The average Bonchev–Trinajstić information content (AvgIpc) is 3.16. The number of imidazole rings is 1. The van der Waals surface area contributed by atoms with Gasteiger partial charge in [0.05, 0.1) is 19.0 Å². The first-order valence-corrected chi connectivity index (χ1v) is 8.91. The Hall–Kier alpha value is -2.64. The predicted octanol–water partition coefficient (Wildman–Crippen LogP) is -3.24. The SMILES string of the molecule is CC(NC(=O)C(N)Cc1cnc[nH]1)C(=O)NC(CS)C(=O)NC(CO)C(=O)O. The second kappa shape index (κ2) is 11.3. The fourth-order valence-electron chi connectivity index (χ4n) is 2.06. The molecule has 0 fully saturated rings. The molecule has 0 aliphatic rings. The Balaban J connectivity index is 2.57. The van der Waals surface area contributed by atoms with E-state index in [1.54, 1.807) is 0 Å². The largest absolute Gasteiger partial charge is 0.480 e. The third-order valence-electron chi connectivity index (χ3n) is 3.70. The van der Waals surface area contributed by atoms with Crippen molar-refractivity contribution in [1.29, 1.82) is 0 Å². The van der Waals surface area contributed by atoms with Crippen LogP contribution < -0.4 is 21.7 Å². The number of carbonyl (C=O) groups excluding carboxylic acids is 3. The molecular weight excluding hydrogens is 392 g/mol. The van der Waals surface area contributed by atoms with Gasteiger partial charge in [-0.3, -0.25) is 14.4 Å². The van der Waals surface area contributed by atoms with E-state index in [4.69, 9.17) is 15.9 Å². The normalized spacial score (nSPS) is 15.0. The first-order chi connectivity index (χ1) is 13.2. The van der Waals surface area contributed by atoms with Gasteiger partial charge in [0.2, 0.25) is 17.7 Å². The van der Waals surface area contributed by atoms with Crippen molar-refractivity contribution >= 4 is 36.3 Å². The molecule has 12 nitrogen and oxygen atoms in total. The van der Waals surface area contributed by atoms with Crippen LogP contribution in [0.4, 0.5) is 0 Å². The van der Waals surface area contributed by atoms with Crippen molar-refractivity contribution in [3.63, 3.8) is 0 Å². The molecule has 28 heavy (non-hydrogen) atoms. The van der Waals surface area contributed by atoms with Crippen molar-refractivity contribution < 1.29 is 29.4 Å². The van der Waals surface area contributed by atoms with Gasteiger partial charge in [-0.05, 0) is 6.92 Å². The van der Waals surface area contributed by atoms with E-state index in [9.17, 15) is 19.2 Å². The van der Waals surface area contributed by atoms with Crippen LogP contribution in [0.1, 0.15) is 12.6 Å². The molecule has 0 bridgehead atoms. The number of nitrogens with two attached hydrogens (primary N) is 1. The number of aromatic amines is 1. The Kier molecular flexibility index (Phi) is 9.41. The second-order valence-electron chi connectivity index (χ2n) is 5.94. The van der Waals surface area contributed by atoms with Crippen LogP contribution in [0.2, 0.25) is 0 Å². The minimum absolute atomic E-state index is 0.130. The number of carboxylic acid groups (broad SMARTS) is 1. The van der Waals surface area contributed by atoms with Gasteiger partial charge in [0.25, 0.3) is 0 Å². The summed E-state index contributed by atoms with van der Waals surface area (Å²) in [5.41, 5.74) is 6.44. The first kappa shape index (κ1) is 23.4. The van der Waals surface area contributed by atoms with Crippen LogP contribution in [0.15, 0.2) is 12.5 Å². The third-order valence-corrected chi connectivity index (χ3v) is 4.06. The number of aromatic nitrogens is 2. The van der Waals surface area contributed by atoms with E-state index in [0.29, 0.717) is 5.69 Å². The van der Waals surface area contributed by atoms with E-state index >= 15 is 0 Å². The molecule has 4 atom stereocenters. The van der Waals surface area contributed by atoms with Gasteiger partial charge in [-0.2, -0.15) is 12.6 Å². The summed E-state index contributed by atoms with van der Waals surface area (Å²) in [5.74, 6) is -3.65. The molecule has 0 radical (unpaired) electrons. The van der Waals surface area contributed by atoms with Gasteiger partial charge in [-0.25, -0.2) is 9.78 Å². The summed E-state index contributed by atoms with van der Waals surface area (Å²) in [5, 5.41) is 24.6. The number of H-pyrrole nitrogens is 1. The molecule has 0 aliphatic heterocycles. The zero-order valence-electron chi connectivity index (χ0n) is 15.1. The topological polar surface area (TPSA) is 200 Å². The van der Waals surface area contributed by atoms with E-state index in [0.717, 1.165) is 0 Å². The van der Waals surface area contributed by atoms with Crippen molar-refractivity contribution in [2.45, 2.75) is 37.5 Å². The minimum atomic E-state index is -1.51. The average molecular weight is 416 g/mol. The van der Waals surface area contributed by atoms with Gasteiger partial charge in [0.1, 0.15) is 18.1 Å². The number of nitrogens with one attached hydrogen (secondary N) is 4. The third kappa shape index (κ3) is 7.17. The number of hydrogen-bond donors (Lipinski definition) is 8. The lowest BCUT2D eigenvalue weighted by atomic mass is 10.1. The number of aliphatic hydroxyl groups excluding tert-OH is 1. The molecule has 8 N–H and O–H groups in total. The Labute approximate surface area is 166 Å². The number of rotatable bonds is 11. The lowest BCUT2D eigenvalue weighted by Crippen LogP contribution is -2.57. The minimum Gasteiger partial charge on any atom is -0.480 e. The summed E-state index contributed by atoms with van der Waals surface area (Å²) in [6.45, 7) is 0.590. The number of carbonyl (C=O) groups is 4. The molecule has 3 amide bonds. The van der Waals surface area contributed by atoms with E-state index in [-0.39, 0.29) is 12.2 Å². The van der Waals surface area contributed by atoms with Gasteiger partial charge in [0.15, 0.2) is 0 Å². The highest BCUT2D eigenvalue weighted by atomic mass is 32.1. The number of aliphatic hydroxyl groups is 1. The standard InChI is InChI=1S/C15H24N6O6S/c1-7(19-13(24)9(16)2-8-3-17-6-18-8)12(23)21-11(5-28)14(25)20-10(4-22)15(26)27/h3,6-7,9-11,22,28H,2,4-5,16H2,1H3,(H,17,18)(H,19,24)(H,20,25)(H,21,23)(H,26,27). The molecule has 0 saturated heterocycles. The molecule has 0 saturated carbocycles. The molecule has 0 aliphatic carbocycles. The van der Waals surface area contributed by atoms with Crippen LogP contribution in [0.25, 0.3) is 0 Å². The molecule has 156 valence electrons. The molecule has 13 heteroatoms. The summed E-state index contributed by atoms with van der Waals surface area (Å²) in [4.78, 5) is 53.8. The lowest BCUT2D eigenvalue weighted by Gasteiger charge is -2.22. The first-order valence-electron chi connectivity index (χ1n) is 8.28. The van der Waals surface area contributed by atoms with Crippen LogP contribution in [0, 0.1) is 0 Å². The van der Waals surface area contributed by atoms with E-state index in [2.05, 4.69) is 38.5 Å². The summed E-state index contributed by atoms with van der Waals surface area (Å²) in [7, 11) is 0. The summed E-state index contributed by atoms with van der Waals surface area (Å²) in [6, 6.07) is -4.60. The van der Waals surface area contributed by atoms with Crippen molar-refractivity contribution in [2.24, 2.45) is 5.73 Å². The van der Waals surface area contributed by atoms with E-state index in [1.165, 1.54) is 19.4 Å². The van der Waals surface area contributed by atoms with Crippen LogP contribution in [0.5, 0.6) is 0 Å². The van der Waals surface area contributed by atoms with Gasteiger partial charge in [0, 0.05) is 24.1 Å². The molecule has 1 rings (SSSR count). The predicted molar refractivity (Wildman–Crippen MR) is 100 cm³/mol. The molecule has 0 aromatic carbocycles. The smallest absolute Gasteiger partial charge is 0.328 e. The van der Waals surface area contributed by atoms with Crippen LogP contribution >= 0.6 is 12.6 Å². The van der Waals surface area contributed by atoms with Crippen LogP contribution in [0.3, 0.4) is 0 Å².